The summed E-state index contributed by atoms with van der Waals surface area (Å²) in [6.07, 6.45) is 4.92. The Morgan fingerprint density at radius 3 is 2.45 bits per heavy atom. The Hall–Kier alpha value is -1.55. The van der Waals surface area contributed by atoms with Crippen LogP contribution in [0.5, 0.6) is 0 Å². The van der Waals surface area contributed by atoms with Crippen LogP contribution in [0.25, 0.3) is 0 Å². The molecule has 0 aromatic heterocycles. The molecule has 0 heterocycles. The van der Waals surface area contributed by atoms with Gasteiger partial charge >= 0.3 is 0 Å². The van der Waals surface area contributed by atoms with Crippen LogP contribution < -0.4 is 11.1 Å². The van der Waals surface area contributed by atoms with Gasteiger partial charge in [-0.15, -0.1) is 0 Å². The maximum absolute atomic E-state index is 11.9. The summed E-state index contributed by atoms with van der Waals surface area (Å²) in [5, 5.41) is 3.08. The van der Waals surface area contributed by atoms with Crippen LogP contribution in [0, 0.1) is 0 Å². The van der Waals surface area contributed by atoms with E-state index in [0.717, 1.165) is 24.2 Å². The van der Waals surface area contributed by atoms with Crippen molar-refractivity contribution in [3.05, 3.63) is 29.8 Å². The molecule has 0 atom stereocenters. The maximum atomic E-state index is 11.9. The Morgan fingerprint density at radius 2 is 1.95 bits per heavy atom. The minimum Gasteiger partial charge on any atom is -0.399 e. The van der Waals surface area contributed by atoms with Crippen molar-refractivity contribution in [1.29, 1.82) is 0 Å². The summed E-state index contributed by atoms with van der Waals surface area (Å²) < 4.78 is 0. The monoisotopic (exact) mass is 275 g/mol. The second-order valence-corrected chi connectivity index (χ2v) is 5.99. The van der Waals surface area contributed by atoms with E-state index in [1.54, 1.807) is 0 Å². The van der Waals surface area contributed by atoms with Gasteiger partial charge in [0.05, 0.1) is 0 Å². The minimum absolute atomic E-state index is 0.134. The van der Waals surface area contributed by atoms with Crippen LogP contribution in [0.1, 0.15) is 31.2 Å². The number of nitrogens with one attached hydrogen (secondary N) is 1. The summed E-state index contributed by atoms with van der Waals surface area (Å²) in [6.45, 7) is 0.764. The molecule has 0 saturated heterocycles. The van der Waals surface area contributed by atoms with Crippen molar-refractivity contribution in [1.82, 2.24) is 10.2 Å². The van der Waals surface area contributed by atoms with Gasteiger partial charge in [-0.2, -0.15) is 0 Å². The van der Waals surface area contributed by atoms with Crippen LogP contribution in [0.3, 0.4) is 0 Å². The minimum atomic E-state index is 0.134. The van der Waals surface area contributed by atoms with Gasteiger partial charge in [-0.1, -0.05) is 12.1 Å². The lowest BCUT2D eigenvalue weighted by atomic mass is 9.75. The van der Waals surface area contributed by atoms with Gasteiger partial charge in [0.1, 0.15) is 0 Å². The normalized spacial score (nSPS) is 16.8. The molecule has 2 rings (SSSR count). The molecule has 0 bridgehead atoms. The Bertz CT molecular complexity index is 449. The molecule has 1 aromatic carbocycles. The van der Waals surface area contributed by atoms with E-state index in [4.69, 9.17) is 5.73 Å². The molecule has 1 fully saturated rings. The molecule has 1 aromatic rings. The van der Waals surface area contributed by atoms with Gasteiger partial charge in [0.2, 0.25) is 5.91 Å². The van der Waals surface area contributed by atoms with Crippen molar-refractivity contribution in [2.75, 3.05) is 26.4 Å². The molecular weight excluding hydrogens is 250 g/mol. The van der Waals surface area contributed by atoms with E-state index in [9.17, 15) is 4.79 Å². The number of likely N-dealkylation sites (N-methyl/N-ethyl adjacent to an activating group) is 1. The fourth-order valence-corrected chi connectivity index (χ4v) is 2.66. The van der Waals surface area contributed by atoms with Crippen molar-refractivity contribution in [3.8, 4) is 0 Å². The molecule has 110 valence electrons. The Balaban J connectivity index is 1.74. The van der Waals surface area contributed by atoms with E-state index in [-0.39, 0.29) is 11.4 Å². The molecule has 0 spiro atoms. The number of nitrogens with two attached hydrogens (primary N) is 1. The molecule has 3 N–H and O–H groups in total. The third kappa shape index (κ3) is 3.51. The van der Waals surface area contributed by atoms with Crippen LogP contribution in [-0.4, -0.2) is 37.0 Å². The third-order valence-electron chi connectivity index (χ3n) is 4.47. The first-order chi connectivity index (χ1) is 9.52. The first kappa shape index (κ1) is 14.9. The average molecular weight is 275 g/mol. The van der Waals surface area contributed by atoms with Gasteiger partial charge < -0.3 is 16.0 Å². The molecule has 0 unspecified atom stereocenters. The predicted octanol–water partition coefficient (Wildman–Crippen LogP) is 1.80. The molecule has 1 amide bonds. The van der Waals surface area contributed by atoms with E-state index in [1.807, 2.05) is 24.3 Å². The zero-order valence-electron chi connectivity index (χ0n) is 12.5. The quantitative estimate of drug-likeness (QED) is 0.778. The first-order valence-corrected chi connectivity index (χ1v) is 7.30. The third-order valence-corrected chi connectivity index (χ3v) is 4.47. The van der Waals surface area contributed by atoms with Crippen molar-refractivity contribution in [2.24, 2.45) is 0 Å². The highest BCUT2D eigenvalue weighted by molar-refractivity contribution is 5.76. The molecule has 4 nitrogen and oxygen atoms in total. The zero-order valence-corrected chi connectivity index (χ0v) is 12.5. The van der Waals surface area contributed by atoms with E-state index >= 15 is 0 Å². The molecular formula is C16H25N3O. The lowest BCUT2D eigenvalue weighted by molar-refractivity contribution is -0.122. The number of carbonyl (C=O) groups excluding carboxylic acids is 1. The molecule has 1 aliphatic carbocycles. The smallest absolute Gasteiger partial charge is 0.220 e. The van der Waals surface area contributed by atoms with Gasteiger partial charge in [-0.25, -0.2) is 0 Å². The van der Waals surface area contributed by atoms with E-state index in [1.165, 1.54) is 19.3 Å². The number of carbonyl (C=O) groups is 1. The number of amides is 1. The molecule has 4 heteroatoms. The fraction of sp³-hybridized carbons (Fsp3) is 0.562. The summed E-state index contributed by atoms with van der Waals surface area (Å²) in [5.74, 6) is 0.134. The number of rotatable bonds is 6. The second kappa shape index (κ2) is 6.27. The number of hydrogen-bond donors (Lipinski definition) is 2. The largest absolute Gasteiger partial charge is 0.399 e. The van der Waals surface area contributed by atoms with Gasteiger partial charge in [0.15, 0.2) is 0 Å². The van der Waals surface area contributed by atoms with Crippen LogP contribution in [0.4, 0.5) is 5.69 Å². The van der Waals surface area contributed by atoms with Crippen LogP contribution in [-0.2, 0) is 11.2 Å². The van der Waals surface area contributed by atoms with Gasteiger partial charge in [-0.3, -0.25) is 4.79 Å². The molecule has 20 heavy (non-hydrogen) atoms. The highest BCUT2D eigenvalue weighted by Gasteiger charge is 2.38. The number of anilines is 1. The van der Waals surface area contributed by atoms with Gasteiger partial charge in [0, 0.05) is 24.2 Å². The zero-order chi connectivity index (χ0) is 14.6. The Morgan fingerprint density at radius 1 is 1.30 bits per heavy atom. The van der Waals surface area contributed by atoms with Crippen molar-refractivity contribution in [2.45, 2.75) is 37.6 Å². The Labute approximate surface area is 121 Å². The summed E-state index contributed by atoms with van der Waals surface area (Å²) >= 11 is 0. The number of nitrogen functional groups attached to an aromatic ring is 1. The lowest BCUT2D eigenvalue weighted by Gasteiger charge is -2.47. The number of hydrogen-bond acceptors (Lipinski definition) is 3. The maximum Gasteiger partial charge on any atom is 0.220 e. The highest BCUT2D eigenvalue weighted by Crippen LogP contribution is 2.35. The standard InChI is InChI=1S/C16H25N3O/c1-19(2)16(10-3-11-16)12-18-15(20)9-6-13-4-7-14(17)8-5-13/h4-5,7-8H,3,6,9-12,17H2,1-2H3,(H,18,20). The lowest BCUT2D eigenvalue weighted by Crippen LogP contribution is -2.57. The Kier molecular flexibility index (Phi) is 4.65. The topological polar surface area (TPSA) is 58.4 Å². The van der Waals surface area contributed by atoms with E-state index in [0.29, 0.717) is 6.42 Å². The van der Waals surface area contributed by atoms with Gasteiger partial charge in [-0.05, 0) is 57.5 Å². The molecule has 1 aliphatic rings. The number of benzene rings is 1. The van der Waals surface area contributed by atoms with Crippen molar-refractivity contribution in [3.63, 3.8) is 0 Å². The van der Waals surface area contributed by atoms with Crippen LogP contribution in [0.15, 0.2) is 24.3 Å². The highest BCUT2D eigenvalue weighted by atomic mass is 16.1. The molecule has 0 aliphatic heterocycles. The second-order valence-electron chi connectivity index (χ2n) is 5.99. The van der Waals surface area contributed by atoms with Crippen molar-refractivity contribution >= 4 is 11.6 Å². The summed E-state index contributed by atoms with van der Waals surface area (Å²) in [5.41, 5.74) is 7.75. The van der Waals surface area contributed by atoms with Crippen LogP contribution >= 0.6 is 0 Å². The summed E-state index contributed by atoms with van der Waals surface area (Å²) in [4.78, 5) is 14.2. The average Bonchev–Trinajstić information content (AvgIpc) is 2.36. The SMILES string of the molecule is CN(C)C1(CNC(=O)CCc2ccc(N)cc2)CCC1. The fourth-order valence-electron chi connectivity index (χ4n) is 2.66. The summed E-state index contributed by atoms with van der Waals surface area (Å²) in [7, 11) is 4.19. The number of aryl methyl sites for hydroxylation is 1. The van der Waals surface area contributed by atoms with Crippen molar-refractivity contribution < 1.29 is 4.79 Å². The van der Waals surface area contributed by atoms with Crippen LogP contribution in [0.2, 0.25) is 0 Å². The molecule has 0 radical (unpaired) electrons. The predicted molar refractivity (Wildman–Crippen MR) is 82.5 cm³/mol. The molecule has 1 saturated carbocycles. The first-order valence-electron chi connectivity index (χ1n) is 7.30. The summed E-state index contributed by atoms with van der Waals surface area (Å²) in [6, 6.07) is 7.72. The van der Waals surface area contributed by atoms with Gasteiger partial charge in [0.25, 0.3) is 0 Å². The van der Waals surface area contributed by atoms with E-state index in [2.05, 4.69) is 24.3 Å². The van der Waals surface area contributed by atoms with E-state index < -0.39 is 0 Å². The number of nitrogens with zero attached hydrogens (tertiary/aromatic N) is 1.